The van der Waals surface area contributed by atoms with Crippen molar-refractivity contribution in [3.8, 4) is 11.5 Å². The summed E-state index contributed by atoms with van der Waals surface area (Å²) in [6.07, 6.45) is 1.10. The minimum atomic E-state index is 0.497. The summed E-state index contributed by atoms with van der Waals surface area (Å²) in [4.78, 5) is 0. The van der Waals surface area contributed by atoms with Crippen LogP contribution in [0.4, 0.5) is 0 Å². The standard InChI is InChI=1S/C14H23NO2/c1-10(8-11(2)15-3)12-6-7-13(16-4)14(9-12)17-5/h6-7,9-11,15H,8H2,1-5H3. The van der Waals surface area contributed by atoms with Gasteiger partial charge in [0.05, 0.1) is 14.2 Å². The van der Waals surface area contributed by atoms with E-state index in [1.807, 2.05) is 13.1 Å². The normalized spacial score (nSPS) is 14.2. The molecule has 0 saturated heterocycles. The zero-order valence-corrected chi connectivity index (χ0v) is 11.4. The van der Waals surface area contributed by atoms with E-state index in [2.05, 4.69) is 31.3 Å². The fourth-order valence-electron chi connectivity index (χ4n) is 1.94. The average molecular weight is 237 g/mol. The molecule has 0 amide bonds. The van der Waals surface area contributed by atoms with Crippen LogP contribution in [0, 0.1) is 0 Å². The molecule has 0 fully saturated rings. The van der Waals surface area contributed by atoms with Gasteiger partial charge in [0.25, 0.3) is 0 Å². The van der Waals surface area contributed by atoms with Gasteiger partial charge in [-0.15, -0.1) is 0 Å². The first-order valence-electron chi connectivity index (χ1n) is 6.01. The molecule has 0 aliphatic carbocycles. The van der Waals surface area contributed by atoms with E-state index in [1.165, 1.54) is 5.56 Å². The number of hydrogen-bond acceptors (Lipinski definition) is 3. The number of nitrogens with one attached hydrogen (secondary N) is 1. The summed E-state index contributed by atoms with van der Waals surface area (Å²) in [6, 6.07) is 6.65. The molecule has 1 aromatic rings. The van der Waals surface area contributed by atoms with Crippen molar-refractivity contribution in [1.29, 1.82) is 0 Å². The summed E-state index contributed by atoms with van der Waals surface area (Å²) >= 11 is 0. The van der Waals surface area contributed by atoms with Crippen LogP contribution in [0.1, 0.15) is 31.7 Å². The molecule has 3 nitrogen and oxygen atoms in total. The molecule has 0 aliphatic heterocycles. The molecule has 1 rings (SSSR count). The van der Waals surface area contributed by atoms with Crippen molar-refractivity contribution in [3.05, 3.63) is 23.8 Å². The van der Waals surface area contributed by atoms with Crippen molar-refractivity contribution in [3.63, 3.8) is 0 Å². The molecule has 0 radical (unpaired) electrons. The lowest BCUT2D eigenvalue weighted by atomic mass is 9.94. The second-order valence-electron chi connectivity index (χ2n) is 4.44. The van der Waals surface area contributed by atoms with Gasteiger partial charge in [0.15, 0.2) is 11.5 Å². The maximum Gasteiger partial charge on any atom is 0.160 e. The van der Waals surface area contributed by atoms with Crippen LogP contribution in [0.5, 0.6) is 11.5 Å². The van der Waals surface area contributed by atoms with Crippen LogP contribution >= 0.6 is 0 Å². The summed E-state index contributed by atoms with van der Waals surface area (Å²) in [5, 5.41) is 3.26. The van der Waals surface area contributed by atoms with Gasteiger partial charge in [-0.2, -0.15) is 0 Å². The number of rotatable bonds is 6. The van der Waals surface area contributed by atoms with E-state index in [0.717, 1.165) is 17.9 Å². The second kappa shape index (κ2) is 6.50. The topological polar surface area (TPSA) is 30.5 Å². The Bertz CT molecular complexity index is 352. The Morgan fingerprint density at radius 1 is 1.12 bits per heavy atom. The lowest BCUT2D eigenvalue weighted by Gasteiger charge is -2.18. The van der Waals surface area contributed by atoms with Crippen LogP contribution in [0.15, 0.2) is 18.2 Å². The minimum absolute atomic E-state index is 0.497. The third kappa shape index (κ3) is 3.63. The van der Waals surface area contributed by atoms with Crippen LogP contribution < -0.4 is 14.8 Å². The maximum atomic E-state index is 5.32. The Kier molecular flexibility index (Phi) is 5.29. The van der Waals surface area contributed by atoms with Crippen LogP contribution in [0.3, 0.4) is 0 Å². The summed E-state index contributed by atoms with van der Waals surface area (Å²) in [5.41, 5.74) is 1.28. The summed E-state index contributed by atoms with van der Waals surface area (Å²) in [6.45, 7) is 4.42. The monoisotopic (exact) mass is 237 g/mol. The molecule has 96 valence electrons. The van der Waals surface area contributed by atoms with E-state index in [4.69, 9.17) is 9.47 Å². The smallest absolute Gasteiger partial charge is 0.160 e. The van der Waals surface area contributed by atoms with Crippen molar-refractivity contribution < 1.29 is 9.47 Å². The van der Waals surface area contributed by atoms with Crippen LogP contribution in [0.2, 0.25) is 0 Å². The third-order valence-electron chi connectivity index (χ3n) is 3.18. The van der Waals surface area contributed by atoms with Crippen LogP contribution in [-0.2, 0) is 0 Å². The van der Waals surface area contributed by atoms with Gasteiger partial charge in [-0.1, -0.05) is 13.0 Å². The number of methoxy groups -OCH3 is 2. The zero-order chi connectivity index (χ0) is 12.8. The van der Waals surface area contributed by atoms with Gasteiger partial charge in [0.1, 0.15) is 0 Å². The fraction of sp³-hybridized carbons (Fsp3) is 0.571. The Morgan fingerprint density at radius 3 is 2.29 bits per heavy atom. The van der Waals surface area contributed by atoms with Crippen molar-refractivity contribution in [2.75, 3.05) is 21.3 Å². The second-order valence-corrected chi connectivity index (χ2v) is 4.44. The molecule has 17 heavy (non-hydrogen) atoms. The van der Waals surface area contributed by atoms with Crippen LogP contribution in [-0.4, -0.2) is 27.3 Å². The van der Waals surface area contributed by atoms with E-state index in [-0.39, 0.29) is 0 Å². The molecule has 2 atom stereocenters. The van der Waals surface area contributed by atoms with Crippen molar-refractivity contribution in [2.45, 2.75) is 32.2 Å². The number of ether oxygens (including phenoxy) is 2. The van der Waals surface area contributed by atoms with Gasteiger partial charge in [-0.05, 0) is 44.0 Å². The Balaban J connectivity index is 2.84. The quantitative estimate of drug-likeness (QED) is 0.825. The molecule has 0 aliphatic rings. The first-order valence-corrected chi connectivity index (χ1v) is 6.01. The molecule has 0 spiro atoms. The predicted molar refractivity (Wildman–Crippen MR) is 71.1 cm³/mol. The zero-order valence-electron chi connectivity index (χ0n) is 11.4. The highest BCUT2D eigenvalue weighted by Gasteiger charge is 2.12. The lowest BCUT2D eigenvalue weighted by molar-refractivity contribution is 0.354. The molecule has 0 saturated carbocycles. The first kappa shape index (κ1) is 13.8. The predicted octanol–water partition coefficient (Wildman–Crippen LogP) is 2.81. The van der Waals surface area contributed by atoms with E-state index >= 15 is 0 Å². The van der Waals surface area contributed by atoms with Gasteiger partial charge in [0, 0.05) is 6.04 Å². The lowest BCUT2D eigenvalue weighted by Crippen LogP contribution is -2.22. The summed E-state index contributed by atoms with van der Waals surface area (Å²) in [5.74, 6) is 2.08. The third-order valence-corrected chi connectivity index (χ3v) is 3.18. The molecular weight excluding hydrogens is 214 g/mol. The average Bonchev–Trinajstić information content (AvgIpc) is 2.37. The molecular formula is C14H23NO2. The molecule has 1 N–H and O–H groups in total. The van der Waals surface area contributed by atoms with Gasteiger partial charge in [-0.3, -0.25) is 0 Å². The van der Waals surface area contributed by atoms with Crippen molar-refractivity contribution >= 4 is 0 Å². The van der Waals surface area contributed by atoms with E-state index in [9.17, 15) is 0 Å². The molecule has 0 heterocycles. The molecule has 2 unspecified atom stereocenters. The molecule has 0 bridgehead atoms. The summed E-state index contributed by atoms with van der Waals surface area (Å²) < 4.78 is 10.6. The largest absolute Gasteiger partial charge is 0.493 e. The molecule has 0 aromatic heterocycles. The van der Waals surface area contributed by atoms with Gasteiger partial charge >= 0.3 is 0 Å². The van der Waals surface area contributed by atoms with Crippen LogP contribution in [0.25, 0.3) is 0 Å². The highest BCUT2D eigenvalue weighted by atomic mass is 16.5. The van der Waals surface area contributed by atoms with Gasteiger partial charge in [-0.25, -0.2) is 0 Å². The van der Waals surface area contributed by atoms with Crippen molar-refractivity contribution in [1.82, 2.24) is 5.32 Å². The highest BCUT2D eigenvalue weighted by Crippen LogP contribution is 2.31. The SMILES string of the molecule is CNC(C)CC(C)c1ccc(OC)c(OC)c1. The minimum Gasteiger partial charge on any atom is -0.493 e. The highest BCUT2D eigenvalue weighted by molar-refractivity contribution is 5.43. The summed E-state index contributed by atoms with van der Waals surface area (Å²) in [7, 11) is 5.32. The van der Waals surface area contributed by atoms with Gasteiger partial charge < -0.3 is 14.8 Å². The fourth-order valence-corrected chi connectivity index (χ4v) is 1.94. The van der Waals surface area contributed by atoms with Gasteiger partial charge in [0.2, 0.25) is 0 Å². The Labute approximate surface area is 104 Å². The Hall–Kier alpha value is -1.22. The molecule has 1 aromatic carbocycles. The van der Waals surface area contributed by atoms with E-state index in [1.54, 1.807) is 14.2 Å². The number of benzene rings is 1. The maximum absolute atomic E-state index is 5.32. The van der Waals surface area contributed by atoms with E-state index in [0.29, 0.717) is 12.0 Å². The van der Waals surface area contributed by atoms with Crippen molar-refractivity contribution in [2.24, 2.45) is 0 Å². The van der Waals surface area contributed by atoms with E-state index < -0.39 is 0 Å². The number of hydrogen-bond donors (Lipinski definition) is 1. The first-order chi connectivity index (χ1) is 8.12. The Morgan fingerprint density at radius 2 is 1.76 bits per heavy atom. The molecule has 3 heteroatoms.